The van der Waals surface area contributed by atoms with E-state index in [1.807, 2.05) is 0 Å². The Morgan fingerprint density at radius 1 is 1.25 bits per heavy atom. The highest BCUT2D eigenvalue weighted by Crippen LogP contribution is 2.42. The third-order valence-electron chi connectivity index (χ3n) is 4.35. The molecule has 0 saturated carbocycles. The number of hydrogen-bond donors (Lipinski definition) is 1. The zero-order chi connectivity index (χ0) is 18.1. The third kappa shape index (κ3) is 3.53. The Balaban J connectivity index is 2.15. The lowest BCUT2D eigenvalue weighted by Gasteiger charge is -2.36. The quantitative estimate of drug-likeness (QED) is 0.832. The van der Waals surface area contributed by atoms with Crippen molar-refractivity contribution in [3.63, 3.8) is 0 Å². The van der Waals surface area contributed by atoms with Gasteiger partial charge in [0.15, 0.2) is 17.5 Å². The second kappa shape index (κ2) is 6.80. The number of rotatable bonds is 5. The van der Waals surface area contributed by atoms with Crippen molar-refractivity contribution in [1.82, 2.24) is 4.90 Å². The first-order valence-electron chi connectivity index (χ1n) is 7.39. The molecule has 0 spiro atoms. The van der Waals surface area contributed by atoms with Crippen LogP contribution in [0.15, 0.2) is 12.1 Å². The minimum Gasteiger partial charge on any atom is -0.480 e. The van der Waals surface area contributed by atoms with Gasteiger partial charge in [-0.25, -0.2) is 18.0 Å². The molecule has 1 amide bonds. The van der Waals surface area contributed by atoms with Crippen LogP contribution < -0.4 is 0 Å². The molecule has 1 atom stereocenters. The molecule has 24 heavy (non-hydrogen) atoms. The van der Waals surface area contributed by atoms with E-state index in [0.717, 1.165) is 12.1 Å². The molecule has 1 saturated heterocycles. The summed E-state index contributed by atoms with van der Waals surface area (Å²) >= 11 is 0. The van der Waals surface area contributed by atoms with E-state index in [2.05, 4.69) is 0 Å². The standard InChI is InChI=1S/C16H18F3NO4/c1-16(2)10(9-5-11(17)15(19)12(18)6-9)3-4-20(16)13(21)7-24-8-14(22)23/h5-6,10H,3-4,7-8H2,1-2H3,(H,22,23). The first-order valence-corrected chi connectivity index (χ1v) is 7.39. The van der Waals surface area contributed by atoms with Gasteiger partial charge in [-0.3, -0.25) is 4.79 Å². The summed E-state index contributed by atoms with van der Waals surface area (Å²) in [5.74, 6) is -6.04. The summed E-state index contributed by atoms with van der Waals surface area (Å²) in [5, 5.41) is 8.51. The van der Waals surface area contributed by atoms with Gasteiger partial charge in [-0.15, -0.1) is 0 Å². The molecule has 0 aromatic heterocycles. The molecule has 1 N–H and O–H groups in total. The van der Waals surface area contributed by atoms with Crippen LogP contribution in [-0.2, 0) is 14.3 Å². The molecule has 8 heteroatoms. The number of carbonyl (C=O) groups excluding carboxylic acids is 1. The Kier molecular flexibility index (Phi) is 5.17. The van der Waals surface area contributed by atoms with Gasteiger partial charge < -0.3 is 14.7 Å². The lowest BCUT2D eigenvalue weighted by atomic mass is 9.82. The average Bonchev–Trinajstić information content (AvgIpc) is 2.78. The number of carboxylic acids is 1. The fraction of sp³-hybridized carbons (Fsp3) is 0.500. The van der Waals surface area contributed by atoms with E-state index in [1.54, 1.807) is 13.8 Å². The topological polar surface area (TPSA) is 66.8 Å². The van der Waals surface area contributed by atoms with Gasteiger partial charge in [-0.1, -0.05) is 0 Å². The molecule has 0 bridgehead atoms. The van der Waals surface area contributed by atoms with E-state index < -0.39 is 48.1 Å². The van der Waals surface area contributed by atoms with Crippen LogP contribution in [0.2, 0.25) is 0 Å². The van der Waals surface area contributed by atoms with Gasteiger partial charge in [0.25, 0.3) is 0 Å². The summed E-state index contributed by atoms with van der Waals surface area (Å²) in [4.78, 5) is 24.1. The van der Waals surface area contributed by atoms with Crippen molar-refractivity contribution in [3.8, 4) is 0 Å². The van der Waals surface area contributed by atoms with Crippen molar-refractivity contribution in [2.24, 2.45) is 0 Å². The number of halogens is 3. The largest absolute Gasteiger partial charge is 0.480 e. The van der Waals surface area contributed by atoms with Crippen LogP contribution in [0.1, 0.15) is 31.7 Å². The Labute approximate surface area is 137 Å². The molecule has 1 aromatic rings. The van der Waals surface area contributed by atoms with Crippen molar-refractivity contribution in [3.05, 3.63) is 35.1 Å². The molecule has 0 radical (unpaired) electrons. The zero-order valence-electron chi connectivity index (χ0n) is 13.3. The molecule has 1 heterocycles. The van der Waals surface area contributed by atoms with Gasteiger partial charge in [-0.05, 0) is 38.0 Å². The Hall–Kier alpha value is -2.09. The maximum absolute atomic E-state index is 13.5. The Bertz CT molecular complexity index is 640. The Morgan fingerprint density at radius 3 is 2.38 bits per heavy atom. The van der Waals surface area contributed by atoms with Crippen LogP contribution in [0.3, 0.4) is 0 Å². The van der Waals surface area contributed by atoms with Gasteiger partial charge in [0.05, 0.1) is 0 Å². The predicted molar refractivity (Wildman–Crippen MR) is 77.9 cm³/mol. The number of aliphatic carboxylic acids is 1. The van der Waals surface area contributed by atoms with Crippen molar-refractivity contribution in [1.29, 1.82) is 0 Å². The van der Waals surface area contributed by atoms with Crippen LogP contribution in [0.4, 0.5) is 13.2 Å². The summed E-state index contributed by atoms with van der Waals surface area (Å²) in [6.07, 6.45) is 0.447. The fourth-order valence-electron chi connectivity index (χ4n) is 3.19. The average molecular weight is 345 g/mol. The van der Waals surface area contributed by atoms with Crippen LogP contribution in [0.25, 0.3) is 0 Å². The van der Waals surface area contributed by atoms with E-state index in [1.165, 1.54) is 4.90 Å². The van der Waals surface area contributed by atoms with Crippen LogP contribution in [0.5, 0.6) is 0 Å². The normalized spacial score (nSPS) is 19.5. The van der Waals surface area contributed by atoms with Crippen molar-refractivity contribution in [2.45, 2.75) is 31.7 Å². The molecule has 5 nitrogen and oxygen atoms in total. The van der Waals surface area contributed by atoms with Gasteiger partial charge >= 0.3 is 5.97 Å². The minimum absolute atomic E-state index is 0.276. The number of hydrogen-bond acceptors (Lipinski definition) is 3. The van der Waals surface area contributed by atoms with E-state index in [0.29, 0.717) is 13.0 Å². The van der Waals surface area contributed by atoms with Crippen LogP contribution in [-0.4, -0.2) is 47.2 Å². The maximum atomic E-state index is 13.5. The number of ether oxygens (including phenoxy) is 1. The molecule has 1 aliphatic rings. The third-order valence-corrected chi connectivity index (χ3v) is 4.35. The molecular formula is C16H18F3NO4. The molecule has 1 aliphatic heterocycles. The Morgan fingerprint density at radius 2 is 1.83 bits per heavy atom. The molecule has 1 aromatic carbocycles. The summed E-state index contributed by atoms with van der Waals surface area (Å²) in [7, 11) is 0. The van der Waals surface area contributed by atoms with Crippen molar-refractivity contribution < 1.29 is 32.6 Å². The maximum Gasteiger partial charge on any atom is 0.329 e. The summed E-state index contributed by atoms with van der Waals surface area (Å²) < 4.78 is 44.9. The SMILES string of the molecule is CC1(C)C(c2cc(F)c(F)c(F)c2)CCN1C(=O)COCC(=O)O. The number of nitrogens with zero attached hydrogens (tertiary/aromatic N) is 1. The molecular weight excluding hydrogens is 327 g/mol. The number of carbonyl (C=O) groups is 2. The second-order valence-corrected chi connectivity index (χ2v) is 6.23. The van der Waals surface area contributed by atoms with Crippen LogP contribution >= 0.6 is 0 Å². The lowest BCUT2D eigenvalue weighted by molar-refractivity contribution is -0.147. The van der Waals surface area contributed by atoms with Crippen LogP contribution in [0, 0.1) is 17.5 Å². The molecule has 0 aliphatic carbocycles. The lowest BCUT2D eigenvalue weighted by Crippen LogP contribution is -2.47. The number of benzene rings is 1. The smallest absolute Gasteiger partial charge is 0.329 e. The summed E-state index contributed by atoms with van der Waals surface area (Å²) in [6.45, 7) is 2.82. The predicted octanol–water partition coefficient (Wildman–Crippen LogP) is 2.30. The first kappa shape index (κ1) is 18.3. The van der Waals surface area contributed by atoms with E-state index in [9.17, 15) is 22.8 Å². The molecule has 132 valence electrons. The van der Waals surface area contributed by atoms with E-state index in [4.69, 9.17) is 9.84 Å². The molecule has 1 fully saturated rings. The molecule has 2 rings (SSSR count). The highest BCUT2D eigenvalue weighted by atomic mass is 19.2. The fourth-order valence-corrected chi connectivity index (χ4v) is 3.19. The first-order chi connectivity index (χ1) is 11.1. The number of amides is 1. The zero-order valence-corrected chi connectivity index (χ0v) is 13.3. The summed E-state index contributed by atoms with van der Waals surface area (Å²) in [5.41, 5.74) is -0.501. The highest BCUT2D eigenvalue weighted by molar-refractivity contribution is 5.79. The monoisotopic (exact) mass is 345 g/mol. The highest BCUT2D eigenvalue weighted by Gasteiger charge is 2.44. The van der Waals surface area contributed by atoms with Gasteiger partial charge in [0.1, 0.15) is 13.2 Å². The van der Waals surface area contributed by atoms with Crippen molar-refractivity contribution >= 4 is 11.9 Å². The number of likely N-dealkylation sites (tertiary alicyclic amines) is 1. The molecule has 1 unspecified atom stereocenters. The second-order valence-electron chi connectivity index (χ2n) is 6.23. The van der Waals surface area contributed by atoms with Crippen molar-refractivity contribution in [2.75, 3.05) is 19.8 Å². The van der Waals surface area contributed by atoms with E-state index in [-0.39, 0.29) is 11.5 Å². The summed E-state index contributed by atoms with van der Waals surface area (Å²) in [6, 6.07) is 1.89. The van der Waals surface area contributed by atoms with E-state index >= 15 is 0 Å². The van der Waals surface area contributed by atoms with Gasteiger partial charge in [0.2, 0.25) is 5.91 Å². The van der Waals surface area contributed by atoms with Gasteiger partial charge in [-0.2, -0.15) is 0 Å². The number of carboxylic acid groups (broad SMARTS) is 1. The minimum atomic E-state index is -1.52. The van der Waals surface area contributed by atoms with Gasteiger partial charge in [0, 0.05) is 18.0 Å².